The second-order valence-corrected chi connectivity index (χ2v) is 6.55. The summed E-state index contributed by atoms with van der Waals surface area (Å²) in [5.74, 6) is 0.113. The molecule has 0 amide bonds. The molecule has 2 N–H and O–H groups in total. The molecule has 124 valence electrons. The Kier molecular flexibility index (Phi) is 8.27. The van der Waals surface area contributed by atoms with E-state index in [0.29, 0.717) is 12.5 Å². The number of rotatable bonds is 11. The molecule has 0 aromatic carbocycles. The van der Waals surface area contributed by atoms with Crippen LogP contribution in [0.5, 0.6) is 0 Å². The summed E-state index contributed by atoms with van der Waals surface area (Å²) in [5.41, 5.74) is -0.714. The highest BCUT2D eigenvalue weighted by Gasteiger charge is 2.48. The summed E-state index contributed by atoms with van der Waals surface area (Å²) in [6.45, 7) is 8.73. The van der Waals surface area contributed by atoms with Gasteiger partial charge in [-0.05, 0) is 50.5 Å². The molecular weight excluding hydrogens is 266 g/mol. The molecule has 21 heavy (non-hydrogen) atoms. The van der Waals surface area contributed by atoms with Crippen LogP contribution in [-0.2, 0) is 9.53 Å². The maximum absolute atomic E-state index is 11.8. The molecule has 0 aromatic rings. The van der Waals surface area contributed by atoms with Crippen molar-refractivity contribution in [3.63, 3.8) is 0 Å². The smallest absolute Gasteiger partial charge is 0.324 e. The Balaban J connectivity index is 2.42. The first-order chi connectivity index (χ1) is 10.1. The second kappa shape index (κ2) is 9.42. The zero-order chi connectivity index (χ0) is 15.7. The molecule has 3 unspecified atom stereocenters. The minimum Gasteiger partial charge on any atom is -0.480 e. The van der Waals surface area contributed by atoms with Crippen LogP contribution in [0.1, 0.15) is 65.7 Å². The van der Waals surface area contributed by atoms with Gasteiger partial charge in [0.25, 0.3) is 0 Å². The van der Waals surface area contributed by atoms with E-state index in [9.17, 15) is 9.90 Å². The van der Waals surface area contributed by atoms with Crippen LogP contribution in [0.25, 0.3) is 0 Å². The van der Waals surface area contributed by atoms with E-state index in [1.807, 2.05) is 0 Å². The highest BCUT2D eigenvalue weighted by molar-refractivity contribution is 5.79. The minimum absolute atomic E-state index is 0.197. The Hall–Kier alpha value is -0.610. The number of nitrogens with one attached hydrogen (secondary N) is 1. The first kappa shape index (κ1) is 18.4. The van der Waals surface area contributed by atoms with Crippen molar-refractivity contribution >= 4 is 5.97 Å². The summed E-state index contributed by atoms with van der Waals surface area (Å²) in [5, 5.41) is 13.0. The van der Waals surface area contributed by atoms with Crippen molar-refractivity contribution in [2.24, 2.45) is 11.8 Å². The summed E-state index contributed by atoms with van der Waals surface area (Å²) in [6, 6.07) is 0. The Morgan fingerprint density at radius 1 is 1.43 bits per heavy atom. The monoisotopic (exact) mass is 299 g/mol. The van der Waals surface area contributed by atoms with E-state index >= 15 is 0 Å². The number of aliphatic carboxylic acids is 1. The summed E-state index contributed by atoms with van der Waals surface area (Å²) in [6.07, 6.45) is 6.95. The van der Waals surface area contributed by atoms with Crippen LogP contribution in [0.2, 0.25) is 0 Å². The molecule has 1 fully saturated rings. The fraction of sp³-hybridized carbons (Fsp3) is 0.941. The van der Waals surface area contributed by atoms with Crippen LogP contribution in [0.3, 0.4) is 0 Å². The van der Waals surface area contributed by atoms with Crippen molar-refractivity contribution < 1.29 is 14.6 Å². The molecule has 1 saturated carbocycles. The Bertz CT molecular complexity index is 308. The summed E-state index contributed by atoms with van der Waals surface area (Å²) in [4.78, 5) is 11.8. The maximum atomic E-state index is 11.8. The van der Waals surface area contributed by atoms with E-state index in [1.165, 1.54) is 12.8 Å². The zero-order valence-corrected chi connectivity index (χ0v) is 14.0. The highest BCUT2D eigenvalue weighted by atomic mass is 16.5. The largest absolute Gasteiger partial charge is 0.480 e. The van der Waals surface area contributed by atoms with Gasteiger partial charge in [0.15, 0.2) is 0 Å². The lowest BCUT2D eigenvalue weighted by Gasteiger charge is -2.32. The van der Waals surface area contributed by atoms with E-state index in [2.05, 4.69) is 26.1 Å². The van der Waals surface area contributed by atoms with Gasteiger partial charge in [-0.15, -0.1) is 0 Å². The summed E-state index contributed by atoms with van der Waals surface area (Å²) in [7, 11) is 0. The van der Waals surface area contributed by atoms with Gasteiger partial charge in [0.05, 0.1) is 0 Å². The lowest BCUT2D eigenvalue weighted by Crippen LogP contribution is -2.55. The number of carbonyl (C=O) groups is 1. The molecule has 0 spiro atoms. The minimum atomic E-state index is -0.714. The molecule has 0 bridgehead atoms. The van der Waals surface area contributed by atoms with Crippen LogP contribution in [-0.4, -0.2) is 36.4 Å². The van der Waals surface area contributed by atoms with Gasteiger partial charge in [0, 0.05) is 13.2 Å². The van der Waals surface area contributed by atoms with Gasteiger partial charge < -0.3 is 15.2 Å². The predicted octanol–water partition coefficient (Wildman–Crippen LogP) is 3.45. The third-order valence-corrected chi connectivity index (χ3v) is 4.69. The molecule has 1 aliphatic carbocycles. The van der Waals surface area contributed by atoms with E-state index in [0.717, 1.165) is 45.3 Å². The van der Waals surface area contributed by atoms with E-state index in [1.54, 1.807) is 0 Å². The van der Waals surface area contributed by atoms with Gasteiger partial charge >= 0.3 is 5.97 Å². The van der Waals surface area contributed by atoms with E-state index in [4.69, 9.17) is 4.74 Å². The van der Waals surface area contributed by atoms with Crippen molar-refractivity contribution in [1.29, 1.82) is 0 Å². The molecule has 3 atom stereocenters. The molecule has 0 aliphatic heterocycles. The number of hydrogen-bond acceptors (Lipinski definition) is 3. The molecule has 4 nitrogen and oxygen atoms in total. The SMILES string of the molecule is CCCNC1(C(=O)O)CCCC1CCOCC(C)CCC. The average molecular weight is 299 g/mol. The van der Waals surface area contributed by atoms with Crippen LogP contribution in [0, 0.1) is 11.8 Å². The number of carboxylic acids is 1. The molecule has 0 saturated heterocycles. The topological polar surface area (TPSA) is 58.6 Å². The van der Waals surface area contributed by atoms with E-state index < -0.39 is 11.5 Å². The summed E-state index contributed by atoms with van der Waals surface area (Å²) < 4.78 is 5.77. The quantitative estimate of drug-likeness (QED) is 0.574. The standard InChI is InChI=1S/C17H33NO3/c1-4-7-14(3)13-21-12-9-15-8-6-10-17(15,16(19)20)18-11-5-2/h14-15,18H,4-13H2,1-3H3,(H,19,20). The number of ether oxygens (including phenoxy) is 1. The van der Waals surface area contributed by atoms with Gasteiger partial charge in [0.2, 0.25) is 0 Å². The molecule has 4 heteroatoms. The van der Waals surface area contributed by atoms with Gasteiger partial charge in [-0.3, -0.25) is 4.79 Å². The predicted molar refractivity (Wildman–Crippen MR) is 85.5 cm³/mol. The summed E-state index contributed by atoms with van der Waals surface area (Å²) >= 11 is 0. The highest BCUT2D eigenvalue weighted by Crippen LogP contribution is 2.38. The fourth-order valence-electron chi connectivity index (χ4n) is 3.49. The molecule has 0 heterocycles. The second-order valence-electron chi connectivity index (χ2n) is 6.55. The molecule has 0 radical (unpaired) electrons. The number of hydrogen-bond donors (Lipinski definition) is 2. The zero-order valence-electron chi connectivity index (χ0n) is 14.0. The van der Waals surface area contributed by atoms with E-state index in [-0.39, 0.29) is 5.92 Å². The Labute approximate surface area is 129 Å². The van der Waals surface area contributed by atoms with Gasteiger partial charge in [-0.25, -0.2) is 0 Å². The van der Waals surface area contributed by atoms with Gasteiger partial charge in [-0.1, -0.05) is 33.6 Å². The van der Waals surface area contributed by atoms with Crippen molar-refractivity contribution in [1.82, 2.24) is 5.32 Å². The third kappa shape index (κ3) is 5.26. The lowest BCUT2D eigenvalue weighted by molar-refractivity contribution is -0.147. The Morgan fingerprint density at radius 2 is 2.19 bits per heavy atom. The van der Waals surface area contributed by atoms with Crippen molar-refractivity contribution in [3.8, 4) is 0 Å². The fourth-order valence-corrected chi connectivity index (χ4v) is 3.49. The maximum Gasteiger partial charge on any atom is 0.324 e. The van der Waals surface area contributed by atoms with Crippen LogP contribution in [0.4, 0.5) is 0 Å². The van der Waals surface area contributed by atoms with Crippen LogP contribution in [0.15, 0.2) is 0 Å². The van der Waals surface area contributed by atoms with Gasteiger partial charge in [0.1, 0.15) is 5.54 Å². The van der Waals surface area contributed by atoms with Crippen molar-refractivity contribution in [2.45, 2.75) is 71.3 Å². The Morgan fingerprint density at radius 3 is 2.81 bits per heavy atom. The molecule has 1 aliphatic rings. The number of carboxylic acid groups (broad SMARTS) is 1. The molecule has 1 rings (SSSR count). The van der Waals surface area contributed by atoms with Gasteiger partial charge in [-0.2, -0.15) is 0 Å². The molecular formula is C17H33NO3. The normalized spacial score (nSPS) is 26.9. The van der Waals surface area contributed by atoms with Crippen molar-refractivity contribution in [2.75, 3.05) is 19.8 Å². The van der Waals surface area contributed by atoms with Crippen molar-refractivity contribution in [3.05, 3.63) is 0 Å². The lowest BCUT2D eigenvalue weighted by atomic mass is 9.84. The van der Waals surface area contributed by atoms with Crippen LogP contribution >= 0.6 is 0 Å². The van der Waals surface area contributed by atoms with Crippen LogP contribution < -0.4 is 5.32 Å². The molecule has 0 aromatic heterocycles. The first-order valence-corrected chi connectivity index (χ1v) is 8.63. The first-order valence-electron chi connectivity index (χ1n) is 8.63. The average Bonchev–Trinajstić information content (AvgIpc) is 2.86. The third-order valence-electron chi connectivity index (χ3n) is 4.69.